The Bertz CT molecular complexity index is 280. The van der Waals surface area contributed by atoms with Gasteiger partial charge in [-0.25, -0.2) is 0 Å². The van der Waals surface area contributed by atoms with Crippen molar-refractivity contribution in [2.75, 3.05) is 0 Å². The summed E-state index contributed by atoms with van der Waals surface area (Å²) >= 11 is 0. The fraction of sp³-hybridized carbons (Fsp3) is 0.800. The fourth-order valence-electron chi connectivity index (χ4n) is 0.962. The molecule has 0 aromatic carbocycles. The van der Waals surface area contributed by atoms with Gasteiger partial charge in [0.2, 0.25) is 0 Å². The summed E-state index contributed by atoms with van der Waals surface area (Å²) < 4.78 is 0. The van der Waals surface area contributed by atoms with Crippen molar-refractivity contribution < 1.29 is 32.7 Å². The number of hydrogen-bond donors (Lipinski definition) is 0. The minimum absolute atomic E-state index is 0. The van der Waals surface area contributed by atoms with Gasteiger partial charge >= 0.3 is 0 Å². The van der Waals surface area contributed by atoms with Gasteiger partial charge in [0.15, 0.2) is 0 Å². The third-order valence-corrected chi connectivity index (χ3v) is 1.71. The first-order valence-electron chi connectivity index (χ1n) is 5.95. The topological polar surface area (TPSA) is 12.4 Å². The van der Waals surface area contributed by atoms with Crippen molar-refractivity contribution in [2.24, 2.45) is 21.2 Å². The fourth-order valence-corrected chi connectivity index (χ4v) is 0.962. The van der Waals surface area contributed by atoms with Crippen molar-refractivity contribution >= 4 is 6.21 Å². The summed E-state index contributed by atoms with van der Waals surface area (Å²) in [4.78, 5) is 4.51. The molecule has 0 fully saturated rings. The third-order valence-electron chi connectivity index (χ3n) is 1.71. The van der Waals surface area contributed by atoms with Crippen LogP contribution in [-0.2, 0) is 32.7 Å². The van der Waals surface area contributed by atoms with Crippen LogP contribution in [0.1, 0.15) is 62.3 Å². The molecule has 0 aromatic heterocycles. The summed E-state index contributed by atoms with van der Waals surface area (Å²) in [5, 5.41) is 0. The van der Waals surface area contributed by atoms with Gasteiger partial charge in [-0.1, -0.05) is 73.1 Å². The van der Waals surface area contributed by atoms with Gasteiger partial charge in [-0.05, 0) is 0 Å². The van der Waals surface area contributed by atoms with Crippen molar-refractivity contribution in [1.82, 2.24) is 0 Å². The minimum atomic E-state index is -0.00390. The molecule has 0 N–H and O–H groups in total. The Morgan fingerprint density at radius 1 is 0.765 bits per heavy atom. The maximum absolute atomic E-state index is 4.51. The van der Waals surface area contributed by atoms with Crippen molar-refractivity contribution in [1.29, 1.82) is 0 Å². The smallest absolute Gasteiger partial charge is 0 e. The van der Waals surface area contributed by atoms with E-state index < -0.39 is 0 Å². The average molecular weight is 310 g/mol. The van der Waals surface area contributed by atoms with E-state index in [1.54, 1.807) is 0 Å². The van der Waals surface area contributed by atoms with E-state index in [-0.39, 0.29) is 49.0 Å². The summed E-state index contributed by atoms with van der Waals surface area (Å²) in [5.74, 6) is 0. The molecule has 0 atom stereocenters. The maximum Gasteiger partial charge on any atom is 0 e. The molecular weight excluding hydrogens is 283 g/mol. The summed E-state index contributed by atoms with van der Waals surface area (Å²) in [6, 6.07) is 0. The van der Waals surface area contributed by atoms with Crippen LogP contribution in [-0.4, -0.2) is 6.21 Å². The molecule has 17 heavy (non-hydrogen) atoms. The molecule has 0 spiro atoms. The van der Waals surface area contributed by atoms with Crippen LogP contribution in [0.4, 0.5) is 0 Å². The van der Waals surface area contributed by atoms with Crippen LogP contribution >= 0.6 is 0 Å². The van der Waals surface area contributed by atoms with Gasteiger partial charge in [-0.2, -0.15) is 11.6 Å². The Morgan fingerprint density at radius 3 is 1.41 bits per heavy atom. The molecule has 0 saturated carbocycles. The van der Waals surface area contributed by atoms with E-state index in [1.165, 1.54) is 0 Å². The Hall–Kier alpha value is 0.514. The monoisotopic (exact) mass is 310 g/mol. The van der Waals surface area contributed by atoms with Crippen LogP contribution < -0.4 is 0 Å². The van der Waals surface area contributed by atoms with Gasteiger partial charge in [-0.3, -0.25) is 5.70 Å². The van der Waals surface area contributed by atoms with Crippen molar-refractivity contribution in [3.05, 3.63) is 11.8 Å². The van der Waals surface area contributed by atoms with Crippen molar-refractivity contribution in [2.45, 2.75) is 62.3 Å². The molecule has 0 aliphatic carbocycles. The molecule has 0 unspecified atom stereocenters. The molecule has 0 bridgehead atoms. The van der Waals surface area contributed by atoms with E-state index in [2.05, 4.69) is 79.6 Å². The molecular formula is C15H27NY-2. The molecule has 0 amide bonds. The van der Waals surface area contributed by atoms with Crippen LogP contribution in [0.2, 0.25) is 0 Å². The van der Waals surface area contributed by atoms with Crippen LogP contribution in [0.25, 0.3) is 0 Å². The minimum Gasteiger partial charge on any atom is -0.574 e. The second kappa shape index (κ2) is 6.61. The predicted octanol–water partition coefficient (Wildman–Crippen LogP) is 4.76. The van der Waals surface area contributed by atoms with Crippen LogP contribution in [0.15, 0.2) is 10.7 Å². The molecule has 0 aliphatic heterocycles. The number of aliphatic imine (C=N–C) groups is 1. The van der Waals surface area contributed by atoms with E-state index >= 15 is 0 Å². The normalized spacial score (nSPS) is 15.0. The summed E-state index contributed by atoms with van der Waals surface area (Å²) in [7, 11) is 0. The van der Waals surface area contributed by atoms with Crippen LogP contribution in [0, 0.1) is 22.3 Å². The Balaban J connectivity index is 0. The molecule has 1 nitrogen and oxygen atoms in total. The maximum atomic E-state index is 4.51. The first-order chi connectivity index (χ1) is 6.81. The second-order valence-corrected chi connectivity index (χ2v) is 7.45. The van der Waals surface area contributed by atoms with Gasteiger partial charge in [0.25, 0.3) is 0 Å². The zero-order valence-corrected chi connectivity index (χ0v) is 15.9. The quantitative estimate of drug-likeness (QED) is 0.489. The van der Waals surface area contributed by atoms with Gasteiger partial charge in [-0.15, -0.1) is 0 Å². The van der Waals surface area contributed by atoms with Crippen LogP contribution in [0.3, 0.4) is 0 Å². The first kappa shape index (κ1) is 19.8. The zero-order valence-electron chi connectivity index (χ0n) is 13.0. The zero-order chi connectivity index (χ0) is 13.2. The molecule has 0 saturated heterocycles. The molecule has 0 heterocycles. The van der Waals surface area contributed by atoms with Gasteiger partial charge in [0.05, 0.1) is 0 Å². The number of allylic oxidation sites excluding steroid dienone is 2. The van der Waals surface area contributed by atoms with E-state index in [9.17, 15) is 0 Å². The molecule has 0 aliphatic rings. The number of nitrogens with zero attached hydrogens (tertiary/aromatic N) is 1. The van der Waals surface area contributed by atoms with E-state index in [0.29, 0.717) is 0 Å². The van der Waals surface area contributed by atoms with E-state index in [0.717, 1.165) is 5.70 Å². The number of rotatable bonds is 1. The molecule has 1 radical (unpaired) electrons. The van der Waals surface area contributed by atoms with E-state index in [1.807, 2.05) is 0 Å². The molecule has 0 rings (SSSR count). The average Bonchev–Trinajstić information content (AvgIpc) is 1.91. The summed E-state index contributed by atoms with van der Waals surface area (Å²) in [5.41, 5.74) is 1.04. The van der Waals surface area contributed by atoms with Crippen molar-refractivity contribution in [3.8, 4) is 0 Å². The van der Waals surface area contributed by atoms with Crippen molar-refractivity contribution in [3.63, 3.8) is 0 Å². The largest absolute Gasteiger partial charge is 0.574 e. The first-order valence-corrected chi connectivity index (χ1v) is 5.95. The standard InChI is InChI=1S/C15H27N.Y/c1-13(2,3)10-12(15(7,8)9)16-11-14(4,5)6;/h1-9H3;/q-2;. The van der Waals surface area contributed by atoms with Gasteiger partial charge < -0.3 is 11.1 Å². The van der Waals surface area contributed by atoms with Crippen LogP contribution in [0.5, 0.6) is 0 Å². The predicted molar refractivity (Wildman–Crippen MR) is 72.6 cm³/mol. The molecule has 2 heteroatoms. The Morgan fingerprint density at radius 2 is 1.18 bits per heavy atom. The SMILES string of the molecule is CC(C)(C)[C-]=NC(=[C-]C(C)(C)C)C(C)(C)C.[Y]. The molecule has 0 aromatic rings. The number of hydrogen-bond acceptors (Lipinski definition) is 1. The molecule has 97 valence electrons. The Labute approximate surface area is 133 Å². The van der Waals surface area contributed by atoms with Gasteiger partial charge in [0, 0.05) is 32.7 Å². The van der Waals surface area contributed by atoms with Gasteiger partial charge in [0.1, 0.15) is 0 Å². The Kier molecular flexibility index (Phi) is 7.72. The summed E-state index contributed by atoms with van der Waals surface area (Å²) in [6.07, 6.45) is 6.63. The second-order valence-electron chi connectivity index (χ2n) is 7.45. The van der Waals surface area contributed by atoms with E-state index in [4.69, 9.17) is 0 Å². The summed E-state index contributed by atoms with van der Waals surface area (Å²) in [6.45, 7) is 19.2. The third kappa shape index (κ3) is 11.3.